The van der Waals surface area contributed by atoms with Crippen molar-refractivity contribution in [2.75, 3.05) is 13.1 Å². The Balaban J connectivity index is 1.78. The molecular formula is C18H25N4OS2+. The Bertz CT molecular complexity index is 844. The van der Waals surface area contributed by atoms with Gasteiger partial charge in [0.15, 0.2) is 11.9 Å². The summed E-state index contributed by atoms with van der Waals surface area (Å²) in [6.07, 6.45) is 2.08. The van der Waals surface area contributed by atoms with Crippen molar-refractivity contribution in [1.29, 1.82) is 0 Å². The lowest BCUT2D eigenvalue weighted by Gasteiger charge is -2.36. The molecule has 0 bridgehead atoms. The summed E-state index contributed by atoms with van der Waals surface area (Å²) in [7, 11) is 0. The maximum atomic E-state index is 10.9. The molecule has 1 aliphatic heterocycles. The van der Waals surface area contributed by atoms with E-state index in [9.17, 15) is 5.11 Å². The van der Waals surface area contributed by atoms with E-state index in [0.29, 0.717) is 11.8 Å². The number of piperidine rings is 1. The zero-order valence-corrected chi connectivity index (χ0v) is 16.5. The first-order valence-corrected chi connectivity index (χ1v) is 10.7. The lowest BCUT2D eigenvalue weighted by molar-refractivity contribution is -0.936. The Kier molecular flexibility index (Phi) is 4.56. The van der Waals surface area contributed by atoms with Crippen molar-refractivity contribution in [3.63, 3.8) is 0 Å². The van der Waals surface area contributed by atoms with Crippen LogP contribution in [0.3, 0.4) is 0 Å². The van der Waals surface area contributed by atoms with Crippen molar-refractivity contribution in [3.05, 3.63) is 33.1 Å². The molecule has 7 heteroatoms. The van der Waals surface area contributed by atoms with Crippen molar-refractivity contribution in [3.8, 4) is 5.88 Å². The first-order chi connectivity index (χ1) is 12.1. The van der Waals surface area contributed by atoms with Gasteiger partial charge in [0.05, 0.1) is 18.0 Å². The van der Waals surface area contributed by atoms with Crippen LogP contribution < -0.4 is 4.90 Å². The maximum absolute atomic E-state index is 10.9. The minimum absolute atomic E-state index is 0.170. The van der Waals surface area contributed by atoms with Crippen molar-refractivity contribution < 1.29 is 10.0 Å². The van der Waals surface area contributed by atoms with Gasteiger partial charge in [-0.05, 0) is 17.9 Å². The number of aromatic nitrogens is 3. The predicted molar refractivity (Wildman–Crippen MR) is 102 cm³/mol. The number of hydrogen-bond acceptors (Lipinski definition) is 5. The Hall–Kier alpha value is -1.44. The van der Waals surface area contributed by atoms with E-state index in [1.54, 1.807) is 32.1 Å². The monoisotopic (exact) mass is 377 g/mol. The average molecular weight is 378 g/mol. The van der Waals surface area contributed by atoms with Crippen molar-refractivity contribution >= 4 is 27.6 Å². The number of rotatable bonds is 4. The summed E-state index contributed by atoms with van der Waals surface area (Å²) in [4.78, 5) is 9.20. The van der Waals surface area contributed by atoms with Gasteiger partial charge in [-0.2, -0.15) is 4.52 Å². The minimum atomic E-state index is 0.170. The molecule has 0 radical (unpaired) electrons. The first-order valence-electron chi connectivity index (χ1n) is 9.02. The molecule has 1 fully saturated rings. The maximum Gasteiger partial charge on any atom is 0.235 e. The quantitative estimate of drug-likeness (QED) is 0.735. The average Bonchev–Trinajstić information content (AvgIpc) is 3.27. The van der Waals surface area contributed by atoms with Gasteiger partial charge in [-0.25, -0.2) is 4.98 Å². The number of aryl methyl sites for hydroxylation is 1. The Morgan fingerprint density at radius 1 is 1.36 bits per heavy atom. The fraction of sp³-hybridized carbons (Fsp3) is 0.556. The van der Waals surface area contributed by atoms with Crippen molar-refractivity contribution in [1.82, 2.24) is 14.6 Å². The number of likely N-dealkylation sites (tertiary alicyclic amines) is 1. The SMILES string of the molecule is CCc1nc2sc([C@H](c3cccs3)[NH+]3C[C@@H](C)C[C@H](C)C3)c(O)n2n1. The van der Waals surface area contributed by atoms with E-state index in [4.69, 9.17) is 0 Å². The lowest BCUT2D eigenvalue weighted by atomic mass is 9.90. The Morgan fingerprint density at radius 2 is 2.12 bits per heavy atom. The molecule has 1 aliphatic rings. The van der Waals surface area contributed by atoms with Crippen LogP contribution in [-0.4, -0.2) is 32.8 Å². The zero-order valence-electron chi connectivity index (χ0n) is 14.9. The number of fused-ring (bicyclic) bond motifs is 1. The van der Waals surface area contributed by atoms with Crippen LogP contribution in [0.5, 0.6) is 5.88 Å². The van der Waals surface area contributed by atoms with Gasteiger partial charge in [-0.3, -0.25) is 0 Å². The molecule has 3 atom stereocenters. The van der Waals surface area contributed by atoms with E-state index >= 15 is 0 Å². The van der Waals surface area contributed by atoms with Crippen LogP contribution in [0.1, 0.15) is 48.8 Å². The number of nitrogens with one attached hydrogen (secondary N) is 1. The Morgan fingerprint density at radius 3 is 2.72 bits per heavy atom. The molecule has 2 N–H and O–H groups in total. The molecule has 5 nitrogen and oxygen atoms in total. The molecule has 25 heavy (non-hydrogen) atoms. The van der Waals surface area contributed by atoms with Gasteiger partial charge in [0.2, 0.25) is 10.8 Å². The summed E-state index contributed by atoms with van der Waals surface area (Å²) in [5, 5.41) is 17.5. The largest absolute Gasteiger partial charge is 0.492 e. The standard InChI is InChI=1S/C18H24N4OS2/c1-4-14-19-18-22(20-14)17(23)16(25-18)15(13-6-5-7-24-13)21-9-11(2)8-12(3)10-21/h5-7,11-12,15,23H,4,8-10H2,1-3H3/p+1/t11-,12-,15-/m0/s1. The molecule has 1 saturated heterocycles. The third-order valence-electron chi connectivity index (χ3n) is 5.08. The fourth-order valence-corrected chi connectivity index (χ4v) is 6.28. The van der Waals surface area contributed by atoms with Crippen LogP contribution in [0.2, 0.25) is 0 Å². The summed E-state index contributed by atoms with van der Waals surface area (Å²) in [6, 6.07) is 4.47. The van der Waals surface area contributed by atoms with Crippen LogP contribution >= 0.6 is 22.7 Å². The highest BCUT2D eigenvalue weighted by atomic mass is 32.1. The number of quaternary nitrogens is 1. The number of aromatic hydroxyl groups is 1. The molecule has 0 aromatic carbocycles. The van der Waals surface area contributed by atoms with Gasteiger partial charge in [0.1, 0.15) is 4.88 Å². The molecule has 0 spiro atoms. The number of thiazole rings is 1. The highest BCUT2D eigenvalue weighted by Crippen LogP contribution is 2.37. The highest BCUT2D eigenvalue weighted by Gasteiger charge is 2.37. The minimum Gasteiger partial charge on any atom is -0.492 e. The van der Waals surface area contributed by atoms with E-state index in [1.165, 1.54) is 11.3 Å². The lowest BCUT2D eigenvalue weighted by Crippen LogP contribution is -3.14. The second-order valence-corrected chi connectivity index (χ2v) is 9.32. The molecular weight excluding hydrogens is 352 g/mol. The summed E-state index contributed by atoms with van der Waals surface area (Å²) in [5.41, 5.74) is 0. The van der Waals surface area contributed by atoms with E-state index in [2.05, 4.69) is 41.4 Å². The molecule has 4 heterocycles. The van der Waals surface area contributed by atoms with Crippen LogP contribution in [0.25, 0.3) is 4.96 Å². The third kappa shape index (κ3) is 3.09. The summed E-state index contributed by atoms with van der Waals surface area (Å²) >= 11 is 3.36. The van der Waals surface area contributed by atoms with Gasteiger partial charge in [0, 0.05) is 18.3 Å². The molecule has 0 amide bonds. The van der Waals surface area contributed by atoms with E-state index in [1.807, 2.05) is 6.92 Å². The predicted octanol–water partition coefficient (Wildman–Crippen LogP) is 2.77. The van der Waals surface area contributed by atoms with E-state index < -0.39 is 0 Å². The van der Waals surface area contributed by atoms with Gasteiger partial charge in [-0.15, -0.1) is 16.4 Å². The second-order valence-electron chi connectivity index (χ2n) is 7.33. The number of nitrogens with zero attached hydrogens (tertiary/aromatic N) is 3. The topological polar surface area (TPSA) is 54.9 Å². The molecule has 0 unspecified atom stereocenters. The first kappa shape index (κ1) is 17.0. The van der Waals surface area contributed by atoms with Gasteiger partial charge < -0.3 is 10.0 Å². The Labute approximate surface area is 155 Å². The molecule has 0 aliphatic carbocycles. The number of hydrogen-bond donors (Lipinski definition) is 2. The van der Waals surface area contributed by atoms with Gasteiger partial charge >= 0.3 is 0 Å². The van der Waals surface area contributed by atoms with Gasteiger partial charge in [-0.1, -0.05) is 38.2 Å². The molecule has 0 saturated carbocycles. The van der Waals surface area contributed by atoms with Crippen LogP contribution in [0.15, 0.2) is 17.5 Å². The highest BCUT2D eigenvalue weighted by molar-refractivity contribution is 7.17. The van der Waals surface area contributed by atoms with Gasteiger partial charge in [0.25, 0.3) is 0 Å². The fourth-order valence-electron chi connectivity index (χ4n) is 4.17. The van der Waals surface area contributed by atoms with Crippen LogP contribution in [0.4, 0.5) is 0 Å². The number of thiophene rings is 1. The van der Waals surface area contributed by atoms with Crippen molar-refractivity contribution in [2.24, 2.45) is 11.8 Å². The van der Waals surface area contributed by atoms with Crippen LogP contribution in [-0.2, 0) is 6.42 Å². The normalized spacial score (nSPS) is 25.5. The van der Waals surface area contributed by atoms with E-state index in [0.717, 1.165) is 35.2 Å². The van der Waals surface area contributed by atoms with Crippen molar-refractivity contribution in [2.45, 2.75) is 39.7 Å². The summed E-state index contributed by atoms with van der Waals surface area (Å²) in [6.45, 7) is 9.00. The second kappa shape index (κ2) is 6.70. The molecule has 134 valence electrons. The van der Waals surface area contributed by atoms with E-state index in [-0.39, 0.29) is 11.9 Å². The zero-order chi connectivity index (χ0) is 17.6. The molecule has 3 aromatic heterocycles. The smallest absolute Gasteiger partial charge is 0.235 e. The summed E-state index contributed by atoms with van der Waals surface area (Å²) < 4.78 is 1.62. The molecule has 4 rings (SSSR count). The third-order valence-corrected chi connectivity index (χ3v) is 7.11. The van der Waals surface area contributed by atoms with Crippen LogP contribution in [0, 0.1) is 11.8 Å². The molecule has 3 aromatic rings. The summed E-state index contributed by atoms with van der Waals surface area (Å²) in [5.74, 6) is 2.46.